The van der Waals surface area contributed by atoms with Gasteiger partial charge in [-0.05, 0) is 32.4 Å². The molecule has 0 bridgehead atoms. The zero-order valence-electron chi connectivity index (χ0n) is 17.7. The number of hydrogen-bond donors (Lipinski definition) is 1. The van der Waals surface area contributed by atoms with Gasteiger partial charge in [0.2, 0.25) is 0 Å². The van der Waals surface area contributed by atoms with Crippen LogP contribution in [0.4, 0.5) is 5.69 Å². The SMILES string of the molecule is CC(C)(C)C(=O)C1C(c2ccccc2)C2c3cnccc3NC2N1C(C)(C)C. The van der Waals surface area contributed by atoms with Gasteiger partial charge in [-0.15, -0.1) is 0 Å². The van der Waals surface area contributed by atoms with Crippen molar-refractivity contribution in [2.45, 2.75) is 71.1 Å². The Bertz CT molecular complexity index is 879. The number of ketones is 1. The third-order valence-corrected chi connectivity index (χ3v) is 6.15. The van der Waals surface area contributed by atoms with Crippen LogP contribution in [0.15, 0.2) is 48.8 Å². The fourth-order valence-electron chi connectivity index (χ4n) is 5.03. The molecular weight excluding hydrogens is 346 g/mol. The molecule has 0 aliphatic carbocycles. The number of nitrogens with one attached hydrogen (secondary N) is 1. The summed E-state index contributed by atoms with van der Waals surface area (Å²) in [6, 6.07) is 12.4. The van der Waals surface area contributed by atoms with Crippen molar-refractivity contribution < 1.29 is 4.79 Å². The van der Waals surface area contributed by atoms with Crippen molar-refractivity contribution in [1.82, 2.24) is 9.88 Å². The van der Waals surface area contributed by atoms with Gasteiger partial charge in [0.15, 0.2) is 5.78 Å². The summed E-state index contributed by atoms with van der Waals surface area (Å²) in [6.45, 7) is 12.7. The number of hydrogen-bond acceptors (Lipinski definition) is 4. The molecule has 1 saturated heterocycles. The fraction of sp³-hybridized carbons (Fsp3) is 0.500. The van der Waals surface area contributed by atoms with Crippen molar-refractivity contribution in [2.75, 3.05) is 5.32 Å². The van der Waals surface area contributed by atoms with Crippen LogP contribution in [0.5, 0.6) is 0 Å². The van der Waals surface area contributed by atoms with E-state index in [-0.39, 0.29) is 29.6 Å². The smallest absolute Gasteiger partial charge is 0.155 e. The monoisotopic (exact) mass is 377 g/mol. The molecule has 1 aromatic heterocycles. The van der Waals surface area contributed by atoms with E-state index in [0.29, 0.717) is 5.78 Å². The topological polar surface area (TPSA) is 45.2 Å². The Morgan fingerprint density at radius 1 is 1.00 bits per heavy atom. The van der Waals surface area contributed by atoms with Crippen molar-refractivity contribution in [2.24, 2.45) is 5.41 Å². The number of pyridine rings is 1. The largest absolute Gasteiger partial charge is 0.369 e. The number of rotatable bonds is 2. The van der Waals surface area contributed by atoms with Crippen LogP contribution in [-0.2, 0) is 4.79 Å². The van der Waals surface area contributed by atoms with E-state index >= 15 is 0 Å². The van der Waals surface area contributed by atoms with Gasteiger partial charge >= 0.3 is 0 Å². The van der Waals surface area contributed by atoms with Crippen LogP contribution in [0, 0.1) is 5.41 Å². The molecule has 1 aromatic carbocycles. The molecule has 4 atom stereocenters. The number of aromatic nitrogens is 1. The van der Waals surface area contributed by atoms with Gasteiger partial charge in [-0.25, -0.2) is 0 Å². The highest BCUT2D eigenvalue weighted by atomic mass is 16.1. The van der Waals surface area contributed by atoms with Gasteiger partial charge in [-0.3, -0.25) is 14.7 Å². The summed E-state index contributed by atoms with van der Waals surface area (Å²) < 4.78 is 0. The van der Waals surface area contributed by atoms with Gasteiger partial charge in [-0.1, -0.05) is 51.1 Å². The van der Waals surface area contributed by atoms with Crippen molar-refractivity contribution >= 4 is 11.5 Å². The lowest BCUT2D eigenvalue weighted by Gasteiger charge is -2.42. The molecule has 3 heterocycles. The molecule has 2 aliphatic heterocycles. The first-order valence-corrected chi connectivity index (χ1v) is 10.2. The molecule has 0 saturated carbocycles. The van der Waals surface area contributed by atoms with E-state index in [1.165, 1.54) is 11.1 Å². The number of carbonyl (C=O) groups is 1. The van der Waals surface area contributed by atoms with E-state index in [1.54, 1.807) is 0 Å². The zero-order valence-corrected chi connectivity index (χ0v) is 17.7. The minimum Gasteiger partial charge on any atom is -0.369 e. The van der Waals surface area contributed by atoms with E-state index in [9.17, 15) is 4.79 Å². The predicted octanol–water partition coefficient (Wildman–Crippen LogP) is 4.80. The van der Waals surface area contributed by atoms with Crippen LogP contribution < -0.4 is 5.32 Å². The van der Waals surface area contributed by atoms with Gasteiger partial charge in [-0.2, -0.15) is 0 Å². The summed E-state index contributed by atoms with van der Waals surface area (Å²) in [6.07, 6.45) is 3.90. The summed E-state index contributed by atoms with van der Waals surface area (Å²) in [5, 5.41) is 3.72. The van der Waals surface area contributed by atoms with Gasteiger partial charge < -0.3 is 5.32 Å². The second kappa shape index (κ2) is 6.41. The van der Waals surface area contributed by atoms with E-state index in [1.807, 2.05) is 39.2 Å². The third kappa shape index (κ3) is 2.95. The number of benzene rings is 1. The number of carbonyl (C=O) groups excluding carboxylic acids is 1. The van der Waals surface area contributed by atoms with Crippen molar-refractivity contribution in [1.29, 1.82) is 0 Å². The molecule has 4 heteroatoms. The summed E-state index contributed by atoms with van der Waals surface area (Å²) in [5.41, 5.74) is 3.03. The summed E-state index contributed by atoms with van der Waals surface area (Å²) in [5.74, 6) is 0.592. The predicted molar refractivity (Wildman–Crippen MR) is 113 cm³/mol. The average Bonchev–Trinajstić information content (AvgIpc) is 3.14. The molecule has 4 nitrogen and oxygen atoms in total. The molecule has 1 fully saturated rings. The lowest BCUT2D eigenvalue weighted by Crippen LogP contribution is -2.56. The van der Waals surface area contributed by atoms with E-state index in [2.05, 4.69) is 66.3 Å². The maximum Gasteiger partial charge on any atom is 0.155 e. The van der Waals surface area contributed by atoms with Crippen LogP contribution in [-0.4, -0.2) is 33.4 Å². The summed E-state index contributed by atoms with van der Waals surface area (Å²) in [7, 11) is 0. The van der Waals surface area contributed by atoms with Crippen LogP contribution in [0.3, 0.4) is 0 Å². The molecule has 2 aromatic rings. The number of likely N-dealkylation sites (tertiary alicyclic amines) is 1. The van der Waals surface area contributed by atoms with Crippen molar-refractivity contribution in [3.63, 3.8) is 0 Å². The van der Waals surface area contributed by atoms with E-state index in [4.69, 9.17) is 0 Å². The molecule has 2 aliphatic rings. The Morgan fingerprint density at radius 2 is 1.68 bits per heavy atom. The molecule has 0 radical (unpaired) electrons. The number of anilines is 1. The second-order valence-electron chi connectivity index (χ2n) is 10.2. The molecule has 4 unspecified atom stereocenters. The Labute approximate surface area is 168 Å². The molecule has 0 spiro atoms. The molecule has 0 amide bonds. The van der Waals surface area contributed by atoms with Crippen LogP contribution in [0.2, 0.25) is 0 Å². The normalized spacial score (nSPS) is 27.2. The fourth-order valence-corrected chi connectivity index (χ4v) is 5.03. The number of fused-ring (bicyclic) bond motifs is 3. The Balaban J connectivity index is 1.93. The maximum absolute atomic E-state index is 13.8. The minimum atomic E-state index is -0.405. The summed E-state index contributed by atoms with van der Waals surface area (Å²) >= 11 is 0. The molecular formula is C24H31N3O. The summed E-state index contributed by atoms with van der Waals surface area (Å²) in [4.78, 5) is 20.6. The molecule has 1 N–H and O–H groups in total. The van der Waals surface area contributed by atoms with Crippen LogP contribution in [0.25, 0.3) is 0 Å². The Hall–Kier alpha value is -2.20. The lowest BCUT2D eigenvalue weighted by atomic mass is 9.74. The molecule has 4 rings (SSSR count). The Kier molecular flexibility index (Phi) is 4.38. The Morgan fingerprint density at radius 3 is 2.29 bits per heavy atom. The van der Waals surface area contributed by atoms with Gasteiger partial charge in [0.05, 0.1) is 12.2 Å². The van der Waals surface area contributed by atoms with Gasteiger partial charge in [0.1, 0.15) is 0 Å². The maximum atomic E-state index is 13.8. The van der Waals surface area contributed by atoms with Crippen LogP contribution in [0.1, 0.15) is 64.5 Å². The quantitative estimate of drug-likeness (QED) is 0.817. The highest BCUT2D eigenvalue weighted by Gasteiger charge is 2.59. The second-order valence-corrected chi connectivity index (χ2v) is 10.2. The van der Waals surface area contributed by atoms with E-state index in [0.717, 1.165) is 5.69 Å². The van der Waals surface area contributed by atoms with Gasteiger partial charge in [0, 0.05) is 46.4 Å². The van der Waals surface area contributed by atoms with Crippen molar-refractivity contribution in [3.05, 3.63) is 59.9 Å². The number of nitrogens with zero attached hydrogens (tertiary/aromatic N) is 2. The number of Topliss-reactive ketones (excluding diaryl/α,β-unsaturated/α-hetero) is 1. The highest BCUT2D eigenvalue weighted by Crippen LogP contribution is 2.56. The van der Waals surface area contributed by atoms with Crippen molar-refractivity contribution in [3.8, 4) is 0 Å². The zero-order chi connectivity index (χ0) is 20.3. The first-order valence-electron chi connectivity index (χ1n) is 10.2. The third-order valence-electron chi connectivity index (χ3n) is 6.15. The average molecular weight is 378 g/mol. The van der Waals surface area contributed by atoms with Gasteiger partial charge in [0.25, 0.3) is 0 Å². The first kappa shape index (κ1) is 19.1. The highest BCUT2D eigenvalue weighted by molar-refractivity contribution is 5.91. The minimum absolute atomic E-state index is 0.0840. The van der Waals surface area contributed by atoms with Crippen LogP contribution >= 0.6 is 0 Å². The first-order chi connectivity index (χ1) is 13.1. The molecule has 148 valence electrons. The standard InChI is InChI=1S/C24H31N3O/c1-23(2,3)21(28)20-18(15-10-8-7-9-11-15)19-16-14-25-13-12-17(16)26-22(19)27(20)24(4,5)6/h7-14,18-20,22,26H,1-6H3. The van der Waals surface area contributed by atoms with E-state index < -0.39 is 5.41 Å². The lowest BCUT2D eigenvalue weighted by molar-refractivity contribution is -0.133. The molecule has 28 heavy (non-hydrogen) atoms.